The molecule has 1 unspecified atom stereocenters. The molecule has 1 amide bonds. The molecule has 122 valence electrons. The van der Waals surface area contributed by atoms with Gasteiger partial charge in [-0.05, 0) is 36.6 Å². The van der Waals surface area contributed by atoms with Gasteiger partial charge in [-0.25, -0.2) is 0 Å². The van der Waals surface area contributed by atoms with E-state index in [1.54, 1.807) is 42.5 Å². The van der Waals surface area contributed by atoms with Gasteiger partial charge < -0.3 is 14.7 Å². The minimum atomic E-state index is -1.14. The number of benzene rings is 1. The topological polar surface area (TPSA) is 78.5 Å². The Balaban J connectivity index is 1.62. The van der Waals surface area contributed by atoms with Gasteiger partial charge in [-0.15, -0.1) is 0 Å². The summed E-state index contributed by atoms with van der Waals surface area (Å²) in [5.74, 6) is 0.782. The number of nitrogens with zero attached hydrogens (tertiary/aromatic N) is 2. The molecule has 6 nitrogen and oxygen atoms in total. The first-order valence-electron chi connectivity index (χ1n) is 7.79. The lowest BCUT2D eigenvalue weighted by atomic mass is 9.93. The number of ether oxygens (including phenoxy) is 1. The van der Waals surface area contributed by atoms with Crippen LogP contribution >= 0.6 is 0 Å². The molecule has 1 aliphatic rings. The second kappa shape index (κ2) is 6.83. The van der Waals surface area contributed by atoms with Crippen LogP contribution in [-0.4, -0.2) is 46.3 Å². The molecule has 0 spiro atoms. The van der Waals surface area contributed by atoms with Gasteiger partial charge in [-0.3, -0.25) is 9.89 Å². The van der Waals surface area contributed by atoms with Gasteiger partial charge in [-0.1, -0.05) is 12.1 Å². The van der Waals surface area contributed by atoms with E-state index < -0.39 is 6.10 Å². The first kappa shape index (κ1) is 15.6. The van der Waals surface area contributed by atoms with Gasteiger partial charge in [0.2, 0.25) is 0 Å². The van der Waals surface area contributed by atoms with E-state index >= 15 is 0 Å². The van der Waals surface area contributed by atoms with Gasteiger partial charge >= 0.3 is 0 Å². The summed E-state index contributed by atoms with van der Waals surface area (Å²) in [5.41, 5.74) is 1.68. The molecule has 0 bridgehead atoms. The van der Waals surface area contributed by atoms with Crippen molar-refractivity contribution in [3.05, 3.63) is 47.8 Å². The third-order valence-corrected chi connectivity index (χ3v) is 4.41. The second-order valence-corrected chi connectivity index (χ2v) is 5.79. The van der Waals surface area contributed by atoms with Crippen molar-refractivity contribution < 1.29 is 14.6 Å². The number of carbonyl (C=O) groups excluding carboxylic acids is 1. The Bertz CT molecular complexity index is 649. The fraction of sp³-hybridized carbons (Fsp3) is 0.412. The Morgan fingerprint density at radius 3 is 2.83 bits per heavy atom. The van der Waals surface area contributed by atoms with Gasteiger partial charge in [0, 0.05) is 30.9 Å². The second-order valence-electron chi connectivity index (χ2n) is 5.79. The monoisotopic (exact) mass is 315 g/mol. The number of aromatic nitrogens is 2. The number of methoxy groups -OCH3 is 1. The summed E-state index contributed by atoms with van der Waals surface area (Å²) in [5, 5.41) is 17.3. The predicted molar refractivity (Wildman–Crippen MR) is 85.1 cm³/mol. The molecule has 0 aliphatic carbocycles. The van der Waals surface area contributed by atoms with Gasteiger partial charge in [-0.2, -0.15) is 5.10 Å². The van der Waals surface area contributed by atoms with Gasteiger partial charge in [0.15, 0.2) is 6.10 Å². The first-order chi connectivity index (χ1) is 11.2. The van der Waals surface area contributed by atoms with Crippen molar-refractivity contribution in [3.8, 4) is 5.75 Å². The van der Waals surface area contributed by atoms with Crippen molar-refractivity contribution in [3.63, 3.8) is 0 Å². The average Bonchev–Trinajstić information content (AvgIpc) is 3.15. The van der Waals surface area contributed by atoms with Crippen LogP contribution in [0.5, 0.6) is 5.75 Å². The highest BCUT2D eigenvalue weighted by Crippen LogP contribution is 2.28. The van der Waals surface area contributed by atoms with E-state index in [0.29, 0.717) is 30.3 Å². The Morgan fingerprint density at radius 1 is 1.39 bits per heavy atom. The van der Waals surface area contributed by atoms with E-state index in [4.69, 9.17) is 4.74 Å². The maximum atomic E-state index is 12.5. The zero-order valence-electron chi connectivity index (χ0n) is 13.1. The molecule has 1 aliphatic heterocycles. The zero-order chi connectivity index (χ0) is 16.2. The van der Waals surface area contributed by atoms with Crippen molar-refractivity contribution in [1.82, 2.24) is 15.1 Å². The lowest BCUT2D eigenvalue weighted by Crippen LogP contribution is -2.40. The molecule has 1 aromatic carbocycles. The summed E-state index contributed by atoms with van der Waals surface area (Å²) in [7, 11) is 1.56. The fourth-order valence-corrected chi connectivity index (χ4v) is 3.03. The molecule has 2 N–H and O–H groups in total. The SMILES string of the molecule is COc1cccc(C(O)C(=O)N2CCC(c3ccn[nH]3)CC2)c1. The number of hydrogen-bond donors (Lipinski definition) is 2. The van der Waals surface area contributed by atoms with Crippen LogP contribution in [-0.2, 0) is 4.79 Å². The van der Waals surface area contributed by atoms with Crippen LogP contribution in [0.15, 0.2) is 36.5 Å². The molecule has 6 heteroatoms. The highest BCUT2D eigenvalue weighted by molar-refractivity contribution is 5.82. The van der Waals surface area contributed by atoms with Crippen LogP contribution in [0, 0.1) is 0 Å². The standard InChI is InChI=1S/C17H21N3O3/c1-23-14-4-2-3-13(11-14)16(21)17(22)20-9-6-12(7-10-20)15-5-8-18-19-15/h2-5,8,11-12,16,21H,6-7,9-10H2,1H3,(H,18,19). The van der Waals surface area contributed by atoms with E-state index in [9.17, 15) is 9.90 Å². The fourth-order valence-electron chi connectivity index (χ4n) is 3.03. The number of carbonyl (C=O) groups is 1. The molecule has 3 rings (SSSR count). The molecule has 1 fully saturated rings. The molecule has 1 aromatic heterocycles. The molecule has 1 saturated heterocycles. The molecule has 2 heterocycles. The molecular weight excluding hydrogens is 294 g/mol. The lowest BCUT2D eigenvalue weighted by Gasteiger charge is -2.32. The third kappa shape index (κ3) is 3.37. The van der Waals surface area contributed by atoms with Crippen LogP contribution in [0.4, 0.5) is 0 Å². The van der Waals surface area contributed by atoms with Crippen molar-refractivity contribution >= 4 is 5.91 Å². The summed E-state index contributed by atoms with van der Waals surface area (Å²) in [4.78, 5) is 14.2. The minimum absolute atomic E-state index is 0.249. The Hall–Kier alpha value is -2.34. The summed E-state index contributed by atoms with van der Waals surface area (Å²) >= 11 is 0. The molecule has 0 saturated carbocycles. The predicted octanol–water partition coefficient (Wildman–Crippen LogP) is 1.86. The number of rotatable bonds is 4. The van der Waals surface area contributed by atoms with Crippen LogP contribution in [0.3, 0.4) is 0 Å². The van der Waals surface area contributed by atoms with Crippen molar-refractivity contribution in [2.24, 2.45) is 0 Å². The average molecular weight is 315 g/mol. The number of amides is 1. The summed E-state index contributed by atoms with van der Waals surface area (Å²) < 4.78 is 5.14. The van der Waals surface area contributed by atoms with Crippen LogP contribution in [0.1, 0.15) is 36.1 Å². The summed E-state index contributed by atoms with van der Waals surface area (Å²) in [6, 6.07) is 8.97. The normalized spacial score (nSPS) is 17.0. The van der Waals surface area contributed by atoms with Gasteiger partial charge in [0.05, 0.1) is 7.11 Å². The number of H-pyrrole nitrogens is 1. The van der Waals surface area contributed by atoms with E-state index in [-0.39, 0.29) is 5.91 Å². The smallest absolute Gasteiger partial charge is 0.256 e. The highest BCUT2D eigenvalue weighted by atomic mass is 16.5. The van der Waals surface area contributed by atoms with Gasteiger partial charge in [0.25, 0.3) is 5.91 Å². The van der Waals surface area contributed by atoms with E-state index in [1.165, 1.54) is 0 Å². The van der Waals surface area contributed by atoms with Crippen LogP contribution in [0.25, 0.3) is 0 Å². The number of aromatic amines is 1. The van der Waals surface area contributed by atoms with E-state index in [2.05, 4.69) is 10.2 Å². The van der Waals surface area contributed by atoms with Crippen LogP contribution in [0.2, 0.25) is 0 Å². The largest absolute Gasteiger partial charge is 0.497 e. The highest BCUT2D eigenvalue weighted by Gasteiger charge is 2.29. The Morgan fingerprint density at radius 2 is 2.17 bits per heavy atom. The number of nitrogens with one attached hydrogen (secondary N) is 1. The van der Waals surface area contributed by atoms with E-state index in [1.807, 2.05) is 6.07 Å². The van der Waals surface area contributed by atoms with Gasteiger partial charge in [0.1, 0.15) is 5.75 Å². The molecule has 2 aromatic rings. The maximum Gasteiger partial charge on any atom is 0.256 e. The molecule has 0 radical (unpaired) electrons. The number of hydrogen-bond acceptors (Lipinski definition) is 4. The Kier molecular flexibility index (Phi) is 4.62. The number of aliphatic hydroxyl groups is 1. The number of piperidine rings is 1. The number of aliphatic hydroxyl groups excluding tert-OH is 1. The van der Waals surface area contributed by atoms with Crippen LogP contribution < -0.4 is 4.74 Å². The quantitative estimate of drug-likeness (QED) is 0.902. The first-order valence-corrected chi connectivity index (χ1v) is 7.79. The summed E-state index contributed by atoms with van der Waals surface area (Å²) in [6.45, 7) is 1.28. The maximum absolute atomic E-state index is 12.5. The minimum Gasteiger partial charge on any atom is -0.497 e. The molecule has 23 heavy (non-hydrogen) atoms. The van der Waals surface area contributed by atoms with Crippen molar-refractivity contribution in [2.45, 2.75) is 24.9 Å². The lowest BCUT2D eigenvalue weighted by molar-refractivity contribution is -0.141. The van der Waals surface area contributed by atoms with Crippen molar-refractivity contribution in [1.29, 1.82) is 0 Å². The van der Waals surface area contributed by atoms with Crippen molar-refractivity contribution in [2.75, 3.05) is 20.2 Å². The third-order valence-electron chi connectivity index (χ3n) is 4.41. The molecule has 1 atom stereocenters. The zero-order valence-corrected chi connectivity index (χ0v) is 13.1. The Labute approximate surface area is 135 Å². The molecular formula is C17H21N3O3. The van der Waals surface area contributed by atoms with E-state index in [0.717, 1.165) is 18.5 Å². The number of likely N-dealkylation sites (tertiary alicyclic amines) is 1. The summed E-state index contributed by atoms with van der Waals surface area (Å²) in [6.07, 6.45) is 2.35.